The number of likely N-dealkylation sites (tertiary alicyclic amines) is 2. The molecule has 0 unspecified atom stereocenters. The predicted octanol–water partition coefficient (Wildman–Crippen LogP) is 1.49. The molecule has 1 atom stereocenters. The fraction of sp³-hybridized carbons (Fsp3) is 0.647. The Bertz CT molecular complexity index is 616. The molecule has 132 valence electrons. The van der Waals surface area contributed by atoms with Crippen molar-refractivity contribution in [2.75, 3.05) is 40.3 Å². The molecule has 0 saturated carbocycles. The van der Waals surface area contributed by atoms with E-state index in [2.05, 4.69) is 4.98 Å². The molecule has 3 rings (SSSR count). The minimum absolute atomic E-state index is 0.0186. The number of hydrogen-bond acceptors (Lipinski definition) is 4. The standard InChI is InChI=1S/C17H24F2N4O/c1-12-4-13(7-20-6-12)16(24)22-9-15(10-22)23-11-17(18,19)5-14(23)8-21(2)3/h4,6-7,14-15H,5,8-11H2,1-3H3/t14-/m0/s1. The van der Waals surface area contributed by atoms with E-state index in [0.29, 0.717) is 25.2 Å². The van der Waals surface area contributed by atoms with E-state index < -0.39 is 5.92 Å². The maximum absolute atomic E-state index is 13.8. The number of aryl methyl sites for hydroxylation is 1. The highest BCUT2D eigenvalue weighted by atomic mass is 19.3. The summed E-state index contributed by atoms with van der Waals surface area (Å²) in [4.78, 5) is 22.0. The Balaban J connectivity index is 1.61. The number of nitrogens with zero attached hydrogens (tertiary/aromatic N) is 4. The minimum atomic E-state index is -2.63. The zero-order valence-electron chi connectivity index (χ0n) is 14.4. The first-order valence-corrected chi connectivity index (χ1v) is 8.24. The van der Waals surface area contributed by atoms with Crippen molar-refractivity contribution in [3.63, 3.8) is 0 Å². The Hall–Kier alpha value is -1.60. The van der Waals surface area contributed by atoms with E-state index in [4.69, 9.17) is 0 Å². The number of halogens is 2. The number of amides is 1. The smallest absolute Gasteiger partial charge is 0.262 e. The zero-order chi connectivity index (χ0) is 17.5. The molecule has 0 bridgehead atoms. The van der Waals surface area contributed by atoms with Crippen LogP contribution in [0, 0.1) is 6.92 Å². The summed E-state index contributed by atoms with van der Waals surface area (Å²) < 4.78 is 27.7. The van der Waals surface area contributed by atoms with Crippen molar-refractivity contribution in [3.8, 4) is 0 Å². The van der Waals surface area contributed by atoms with Gasteiger partial charge < -0.3 is 9.80 Å². The molecule has 0 aliphatic carbocycles. The minimum Gasteiger partial charge on any atom is -0.335 e. The van der Waals surface area contributed by atoms with Crippen LogP contribution in [0.5, 0.6) is 0 Å². The van der Waals surface area contributed by atoms with Gasteiger partial charge in [0, 0.05) is 50.5 Å². The van der Waals surface area contributed by atoms with Gasteiger partial charge in [-0.15, -0.1) is 0 Å². The summed E-state index contributed by atoms with van der Waals surface area (Å²) in [5.74, 6) is -2.71. The van der Waals surface area contributed by atoms with Crippen LogP contribution in [0.4, 0.5) is 8.78 Å². The number of carbonyl (C=O) groups is 1. The maximum atomic E-state index is 13.8. The van der Waals surface area contributed by atoms with Crippen LogP contribution in [-0.2, 0) is 0 Å². The van der Waals surface area contributed by atoms with Crippen molar-refractivity contribution in [3.05, 3.63) is 29.6 Å². The van der Waals surface area contributed by atoms with Gasteiger partial charge in [-0.1, -0.05) is 0 Å². The molecular weight excluding hydrogens is 314 g/mol. The van der Waals surface area contributed by atoms with Crippen LogP contribution in [0.2, 0.25) is 0 Å². The normalized spacial score (nSPS) is 24.4. The van der Waals surface area contributed by atoms with Gasteiger partial charge in [-0.25, -0.2) is 8.78 Å². The van der Waals surface area contributed by atoms with E-state index in [1.54, 1.807) is 17.3 Å². The van der Waals surface area contributed by atoms with Gasteiger partial charge in [-0.2, -0.15) is 0 Å². The highest BCUT2D eigenvalue weighted by Crippen LogP contribution is 2.35. The lowest BCUT2D eigenvalue weighted by Gasteiger charge is -2.46. The number of rotatable bonds is 4. The molecule has 3 heterocycles. The fourth-order valence-corrected chi connectivity index (χ4v) is 3.63. The molecule has 2 aliphatic rings. The first-order valence-electron chi connectivity index (χ1n) is 8.24. The summed E-state index contributed by atoms with van der Waals surface area (Å²) in [6.07, 6.45) is 3.16. The molecule has 1 aromatic rings. The Morgan fingerprint density at radius 3 is 2.71 bits per heavy atom. The fourth-order valence-electron chi connectivity index (χ4n) is 3.63. The quantitative estimate of drug-likeness (QED) is 0.834. The third kappa shape index (κ3) is 3.57. The molecule has 5 nitrogen and oxygen atoms in total. The van der Waals surface area contributed by atoms with Crippen LogP contribution in [0.15, 0.2) is 18.5 Å². The molecule has 24 heavy (non-hydrogen) atoms. The van der Waals surface area contributed by atoms with Gasteiger partial charge in [0.1, 0.15) is 0 Å². The molecule has 1 amide bonds. The summed E-state index contributed by atoms with van der Waals surface area (Å²) in [6, 6.07) is 1.67. The number of pyridine rings is 1. The third-order valence-corrected chi connectivity index (χ3v) is 4.73. The number of alkyl halides is 2. The molecule has 0 aromatic carbocycles. The SMILES string of the molecule is Cc1cncc(C(=O)N2CC(N3CC(F)(F)C[C@H]3CN(C)C)C2)c1. The van der Waals surface area contributed by atoms with E-state index in [1.807, 2.05) is 36.9 Å². The van der Waals surface area contributed by atoms with Crippen LogP contribution >= 0.6 is 0 Å². The largest absolute Gasteiger partial charge is 0.335 e. The van der Waals surface area contributed by atoms with Crippen molar-refractivity contribution in [1.29, 1.82) is 0 Å². The number of hydrogen-bond donors (Lipinski definition) is 0. The van der Waals surface area contributed by atoms with Crippen LogP contribution in [0.3, 0.4) is 0 Å². The first-order chi connectivity index (χ1) is 11.2. The lowest BCUT2D eigenvalue weighted by molar-refractivity contribution is -0.0115. The molecule has 1 aromatic heterocycles. The van der Waals surface area contributed by atoms with E-state index in [-0.39, 0.29) is 31.0 Å². The number of likely N-dealkylation sites (N-methyl/N-ethyl adjacent to an activating group) is 1. The Morgan fingerprint density at radius 2 is 2.08 bits per heavy atom. The molecule has 2 saturated heterocycles. The van der Waals surface area contributed by atoms with E-state index in [9.17, 15) is 13.6 Å². The van der Waals surface area contributed by atoms with Gasteiger partial charge in [0.15, 0.2) is 0 Å². The molecule has 2 fully saturated rings. The van der Waals surface area contributed by atoms with E-state index in [1.165, 1.54) is 0 Å². The molecule has 0 radical (unpaired) electrons. The molecule has 0 spiro atoms. The highest BCUT2D eigenvalue weighted by Gasteiger charge is 2.50. The first kappa shape index (κ1) is 17.2. The molecule has 0 N–H and O–H groups in total. The third-order valence-electron chi connectivity index (χ3n) is 4.73. The Kier molecular flexibility index (Phi) is 4.57. The summed E-state index contributed by atoms with van der Waals surface area (Å²) in [5, 5.41) is 0. The number of carbonyl (C=O) groups excluding carboxylic acids is 1. The zero-order valence-corrected chi connectivity index (χ0v) is 14.4. The van der Waals surface area contributed by atoms with Crippen molar-refractivity contribution in [2.24, 2.45) is 0 Å². The van der Waals surface area contributed by atoms with Crippen molar-refractivity contribution < 1.29 is 13.6 Å². The summed E-state index contributed by atoms with van der Waals surface area (Å²) in [5.41, 5.74) is 1.49. The second kappa shape index (κ2) is 6.37. The van der Waals surface area contributed by atoms with Gasteiger partial charge in [-0.05, 0) is 32.6 Å². The number of aromatic nitrogens is 1. The Morgan fingerprint density at radius 1 is 1.38 bits per heavy atom. The van der Waals surface area contributed by atoms with Crippen LogP contribution in [0.1, 0.15) is 22.3 Å². The second-order valence-electron chi connectivity index (χ2n) is 7.26. The van der Waals surface area contributed by atoms with E-state index in [0.717, 1.165) is 5.56 Å². The van der Waals surface area contributed by atoms with Gasteiger partial charge in [-0.3, -0.25) is 14.7 Å². The van der Waals surface area contributed by atoms with Crippen LogP contribution in [0.25, 0.3) is 0 Å². The van der Waals surface area contributed by atoms with Crippen LogP contribution < -0.4 is 0 Å². The van der Waals surface area contributed by atoms with Gasteiger partial charge in [0.05, 0.1) is 12.1 Å². The Labute approximate surface area is 141 Å². The predicted molar refractivity (Wildman–Crippen MR) is 87.3 cm³/mol. The van der Waals surface area contributed by atoms with Crippen molar-refractivity contribution >= 4 is 5.91 Å². The van der Waals surface area contributed by atoms with Gasteiger partial charge in [0.25, 0.3) is 11.8 Å². The van der Waals surface area contributed by atoms with Gasteiger partial charge >= 0.3 is 0 Å². The molecular formula is C17H24F2N4O. The average Bonchev–Trinajstić information content (AvgIpc) is 2.71. The average molecular weight is 338 g/mol. The second-order valence-corrected chi connectivity index (χ2v) is 7.26. The van der Waals surface area contributed by atoms with Gasteiger partial charge in [0.2, 0.25) is 0 Å². The lowest BCUT2D eigenvalue weighted by atomic mass is 10.0. The van der Waals surface area contributed by atoms with Crippen molar-refractivity contribution in [2.45, 2.75) is 31.4 Å². The summed E-state index contributed by atoms with van der Waals surface area (Å²) in [6.45, 7) is 3.31. The van der Waals surface area contributed by atoms with Crippen LogP contribution in [-0.4, -0.2) is 83.9 Å². The highest BCUT2D eigenvalue weighted by molar-refractivity contribution is 5.94. The molecule has 2 aliphatic heterocycles. The summed E-state index contributed by atoms with van der Waals surface area (Å²) in [7, 11) is 3.80. The topological polar surface area (TPSA) is 39.7 Å². The monoisotopic (exact) mass is 338 g/mol. The maximum Gasteiger partial charge on any atom is 0.262 e. The summed E-state index contributed by atoms with van der Waals surface area (Å²) >= 11 is 0. The van der Waals surface area contributed by atoms with Crippen molar-refractivity contribution in [1.82, 2.24) is 19.7 Å². The van der Waals surface area contributed by atoms with E-state index >= 15 is 0 Å². The lowest BCUT2D eigenvalue weighted by Crippen LogP contribution is -2.63. The molecule has 7 heteroatoms.